The van der Waals surface area contributed by atoms with E-state index in [4.69, 9.17) is 9.82 Å². The predicted octanol–water partition coefficient (Wildman–Crippen LogP) is 4.90. The highest BCUT2D eigenvalue weighted by molar-refractivity contribution is 5.82. The number of hydroxylamine groups is 2. The number of pyridine rings is 1. The van der Waals surface area contributed by atoms with E-state index in [9.17, 15) is 0 Å². The highest BCUT2D eigenvalue weighted by atomic mass is 16.7. The van der Waals surface area contributed by atoms with E-state index in [1.807, 2.05) is 23.0 Å². The second kappa shape index (κ2) is 10.2. The van der Waals surface area contributed by atoms with Crippen molar-refractivity contribution in [2.75, 3.05) is 27.7 Å². The molecule has 0 spiro atoms. The van der Waals surface area contributed by atoms with Crippen LogP contribution in [0.15, 0.2) is 36.5 Å². The molecule has 3 rings (SSSR count). The predicted molar refractivity (Wildman–Crippen MR) is 123 cm³/mol. The van der Waals surface area contributed by atoms with Crippen LogP contribution in [0.2, 0.25) is 0 Å². The Hall–Kier alpha value is -2.28. The van der Waals surface area contributed by atoms with Crippen LogP contribution in [0.25, 0.3) is 22.3 Å². The van der Waals surface area contributed by atoms with Crippen LogP contribution in [0.1, 0.15) is 50.8 Å². The molecule has 6 nitrogen and oxygen atoms in total. The maximum Gasteiger partial charge on any atom is 0.158 e. The number of nitrogens with zero attached hydrogens (tertiary/aromatic N) is 5. The van der Waals surface area contributed by atoms with Gasteiger partial charge in [0.2, 0.25) is 0 Å². The second-order valence-corrected chi connectivity index (χ2v) is 8.35. The normalized spacial score (nSPS) is 12.0. The van der Waals surface area contributed by atoms with Crippen molar-refractivity contribution in [1.82, 2.24) is 24.7 Å². The summed E-state index contributed by atoms with van der Waals surface area (Å²) in [5, 5.41) is 7.50. The minimum absolute atomic E-state index is 0.247. The topological polar surface area (TPSA) is 46.4 Å². The molecular weight excluding hydrogens is 374 g/mol. The highest BCUT2D eigenvalue weighted by Crippen LogP contribution is 2.28. The minimum atomic E-state index is 0.247. The van der Waals surface area contributed by atoms with Gasteiger partial charge in [0.1, 0.15) is 0 Å². The van der Waals surface area contributed by atoms with Crippen molar-refractivity contribution < 1.29 is 4.84 Å². The summed E-state index contributed by atoms with van der Waals surface area (Å²) in [6.07, 6.45) is 4.37. The fourth-order valence-electron chi connectivity index (χ4n) is 3.69. The summed E-state index contributed by atoms with van der Waals surface area (Å²) in [6.45, 7) is 9.23. The molecule has 0 N–H and O–H groups in total. The van der Waals surface area contributed by atoms with Crippen LogP contribution in [0.4, 0.5) is 0 Å². The van der Waals surface area contributed by atoms with Crippen molar-refractivity contribution in [2.45, 2.75) is 52.7 Å². The van der Waals surface area contributed by atoms with Crippen molar-refractivity contribution in [3.8, 4) is 11.3 Å². The van der Waals surface area contributed by atoms with Gasteiger partial charge in [-0.05, 0) is 57.1 Å². The lowest BCUT2D eigenvalue weighted by Gasteiger charge is -2.17. The zero-order chi connectivity index (χ0) is 21.7. The largest absolute Gasteiger partial charge is 0.302 e. The van der Waals surface area contributed by atoms with Gasteiger partial charge in [0.15, 0.2) is 5.65 Å². The Morgan fingerprint density at radius 1 is 1.13 bits per heavy atom. The number of rotatable bonds is 10. The summed E-state index contributed by atoms with van der Waals surface area (Å²) >= 11 is 0. The molecule has 6 heteroatoms. The molecule has 3 aromatic rings. The van der Waals surface area contributed by atoms with Crippen molar-refractivity contribution >= 4 is 11.0 Å². The molecule has 162 valence electrons. The fourth-order valence-corrected chi connectivity index (χ4v) is 3.69. The lowest BCUT2D eigenvalue weighted by molar-refractivity contribution is -0.116. The van der Waals surface area contributed by atoms with Gasteiger partial charge in [-0.3, -0.25) is 0 Å². The quantitative estimate of drug-likeness (QED) is 0.446. The molecular formula is C24H35N5O. The fraction of sp³-hybridized carbons (Fsp3) is 0.500. The van der Waals surface area contributed by atoms with E-state index in [1.165, 1.54) is 18.4 Å². The van der Waals surface area contributed by atoms with Crippen molar-refractivity contribution in [3.05, 3.63) is 47.7 Å². The van der Waals surface area contributed by atoms with E-state index < -0.39 is 0 Å². The Morgan fingerprint density at radius 2 is 1.93 bits per heavy atom. The van der Waals surface area contributed by atoms with Crippen LogP contribution in [0.5, 0.6) is 0 Å². The third-order valence-electron chi connectivity index (χ3n) is 5.41. The number of hydrogen-bond acceptors (Lipinski definition) is 5. The zero-order valence-corrected chi connectivity index (χ0v) is 19.2. The van der Waals surface area contributed by atoms with Crippen molar-refractivity contribution in [1.29, 1.82) is 0 Å². The smallest absolute Gasteiger partial charge is 0.158 e. The SMILES string of the molecule is CCCCN(C)Cc1cccc(-c2cc(CN(C)OC)c3cnn(C(C)C)c3n2)c1. The molecule has 0 bridgehead atoms. The molecule has 30 heavy (non-hydrogen) atoms. The van der Waals surface area contributed by atoms with Crippen LogP contribution in [-0.4, -0.2) is 52.5 Å². The van der Waals surface area contributed by atoms with Crippen molar-refractivity contribution in [2.24, 2.45) is 0 Å². The molecule has 0 saturated carbocycles. The van der Waals surface area contributed by atoms with E-state index in [0.29, 0.717) is 6.54 Å². The van der Waals surface area contributed by atoms with Gasteiger partial charge in [0.05, 0.1) is 19.0 Å². The minimum Gasteiger partial charge on any atom is -0.302 e. The van der Waals surface area contributed by atoms with E-state index in [1.54, 1.807) is 7.11 Å². The second-order valence-electron chi connectivity index (χ2n) is 8.35. The Morgan fingerprint density at radius 3 is 2.63 bits per heavy atom. The molecule has 0 aliphatic heterocycles. The average Bonchev–Trinajstić information content (AvgIpc) is 3.17. The van der Waals surface area contributed by atoms with E-state index >= 15 is 0 Å². The van der Waals surface area contributed by atoms with Crippen LogP contribution in [-0.2, 0) is 17.9 Å². The molecule has 2 aromatic heterocycles. The average molecular weight is 410 g/mol. The van der Waals surface area contributed by atoms with Gasteiger partial charge in [0.25, 0.3) is 0 Å². The molecule has 0 fully saturated rings. The lowest BCUT2D eigenvalue weighted by atomic mass is 10.0. The van der Waals surface area contributed by atoms with Gasteiger partial charge in [-0.1, -0.05) is 31.5 Å². The molecule has 0 radical (unpaired) electrons. The Kier molecular flexibility index (Phi) is 7.58. The van der Waals surface area contributed by atoms with Crippen LogP contribution in [0, 0.1) is 0 Å². The van der Waals surface area contributed by atoms with Crippen LogP contribution >= 0.6 is 0 Å². The van der Waals surface area contributed by atoms with Gasteiger partial charge >= 0.3 is 0 Å². The molecule has 2 heterocycles. The molecule has 0 atom stereocenters. The Balaban J connectivity index is 2.00. The maximum absolute atomic E-state index is 5.38. The summed E-state index contributed by atoms with van der Waals surface area (Å²) in [7, 11) is 5.81. The Bertz CT molecular complexity index is 965. The first-order chi connectivity index (χ1) is 14.4. The van der Waals surface area contributed by atoms with Crippen LogP contribution in [0.3, 0.4) is 0 Å². The molecule has 0 unspecified atom stereocenters. The summed E-state index contributed by atoms with van der Waals surface area (Å²) in [5.41, 5.74) is 5.50. The third kappa shape index (κ3) is 5.25. The number of benzene rings is 1. The summed E-state index contributed by atoms with van der Waals surface area (Å²) in [4.78, 5) is 12.8. The number of unbranched alkanes of at least 4 members (excludes halogenated alkanes) is 1. The first-order valence-corrected chi connectivity index (χ1v) is 10.8. The molecule has 1 aromatic carbocycles. The number of hydrogen-bond donors (Lipinski definition) is 0. The first-order valence-electron chi connectivity index (χ1n) is 10.8. The Labute approximate surface area is 180 Å². The summed E-state index contributed by atoms with van der Waals surface area (Å²) in [6, 6.07) is 11.1. The molecule has 0 aliphatic carbocycles. The summed E-state index contributed by atoms with van der Waals surface area (Å²) < 4.78 is 2.00. The molecule has 0 amide bonds. The first kappa shape index (κ1) is 22.4. The van der Waals surface area contributed by atoms with Gasteiger partial charge in [-0.25, -0.2) is 9.67 Å². The highest BCUT2D eigenvalue weighted by Gasteiger charge is 2.15. The molecule has 0 aliphatic rings. The molecule has 0 saturated heterocycles. The van der Waals surface area contributed by atoms with E-state index in [-0.39, 0.29) is 6.04 Å². The standard InChI is InChI=1S/C24H35N5O/c1-7-8-12-27(4)16-19-10-9-11-20(13-19)23-14-21(17-28(5)30-6)22-15-25-29(18(2)3)24(22)26-23/h9-11,13-15,18H,7-8,12,16-17H2,1-6H3. The van der Waals surface area contributed by atoms with Crippen molar-refractivity contribution in [3.63, 3.8) is 0 Å². The maximum atomic E-state index is 5.38. The number of aromatic nitrogens is 3. The van der Waals surface area contributed by atoms with Crippen LogP contribution < -0.4 is 0 Å². The zero-order valence-electron chi connectivity index (χ0n) is 19.2. The lowest BCUT2D eigenvalue weighted by Crippen LogP contribution is -2.18. The number of fused-ring (bicyclic) bond motifs is 1. The van der Waals surface area contributed by atoms with E-state index in [0.717, 1.165) is 40.9 Å². The van der Waals surface area contributed by atoms with Gasteiger partial charge < -0.3 is 9.74 Å². The third-order valence-corrected chi connectivity index (χ3v) is 5.41. The van der Waals surface area contributed by atoms with Gasteiger partial charge in [-0.15, -0.1) is 0 Å². The van der Waals surface area contributed by atoms with Gasteiger partial charge in [0, 0.05) is 37.1 Å². The summed E-state index contributed by atoms with van der Waals surface area (Å²) in [5.74, 6) is 0. The monoisotopic (exact) mass is 409 g/mol. The van der Waals surface area contributed by atoms with Gasteiger partial charge in [-0.2, -0.15) is 10.2 Å². The van der Waals surface area contributed by atoms with E-state index in [2.05, 4.69) is 68.1 Å².